The monoisotopic (exact) mass is 231 g/mol. The van der Waals surface area contributed by atoms with Crippen LogP contribution in [0.3, 0.4) is 0 Å². The summed E-state index contributed by atoms with van der Waals surface area (Å²) < 4.78 is 0. The molecular formula is C12H17N5. The molecule has 5 nitrogen and oxygen atoms in total. The summed E-state index contributed by atoms with van der Waals surface area (Å²) in [5, 5.41) is 10.5. The van der Waals surface area contributed by atoms with Crippen LogP contribution < -0.4 is 5.32 Å². The zero-order chi connectivity index (χ0) is 12.4. The summed E-state index contributed by atoms with van der Waals surface area (Å²) in [6.07, 6.45) is 3.43. The van der Waals surface area contributed by atoms with Crippen LogP contribution in [0, 0.1) is 20.8 Å². The zero-order valence-corrected chi connectivity index (χ0v) is 10.6. The maximum atomic E-state index is 4.36. The van der Waals surface area contributed by atoms with Gasteiger partial charge in [0.25, 0.3) is 0 Å². The Hall–Kier alpha value is -1.91. The first-order valence-electron chi connectivity index (χ1n) is 5.65. The van der Waals surface area contributed by atoms with Crippen molar-refractivity contribution in [3.05, 3.63) is 35.2 Å². The molecule has 0 aliphatic rings. The first-order chi connectivity index (χ1) is 8.09. The number of aryl methyl sites for hydroxylation is 3. The SMILES string of the molecule is Cc1nccnc1C(C)Nc1c(C)n[nH]c1C. The van der Waals surface area contributed by atoms with Gasteiger partial charge in [0, 0.05) is 12.4 Å². The lowest BCUT2D eigenvalue weighted by molar-refractivity contribution is 0.808. The van der Waals surface area contributed by atoms with E-state index in [4.69, 9.17) is 0 Å². The Labute approximate surface area is 101 Å². The summed E-state index contributed by atoms with van der Waals surface area (Å²) >= 11 is 0. The van der Waals surface area contributed by atoms with E-state index in [1.807, 2.05) is 20.8 Å². The Morgan fingerprint density at radius 1 is 1.12 bits per heavy atom. The van der Waals surface area contributed by atoms with Gasteiger partial charge in [-0.2, -0.15) is 5.10 Å². The van der Waals surface area contributed by atoms with Gasteiger partial charge in [-0.05, 0) is 27.7 Å². The fraction of sp³-hybridized carbons (Fsp3) is 0.417. The number of rotatable bonds is 3. The average Bonchev–Trinajstić information content (AvgIpc) is 2.61. The van der Waals surface area contributed by atoms with Crippen molar-refractivity contribution in [3.8, 4) is 0 Å². The van der Waals surface area contributed by atoms with Crippen LogP contribution in [-0.2, 0) is 0 Å². The molecule has 1 unspecified atom stereocenters. The van der Waals surface area contributed by atoms with E-state index in [0.717, 1.165) is 28.5 Å². The van der Waals surface area contributed by atoms with Crippen LogP contribution in [-0.4, -0.2) is 20.2 Å². The van der Waals surface area contributed by atoms with Crippen LogP contribution in [0.5, 0.6) is 0 Å². The van der Waals surface area contributed by atoms with Gasteiger partial charge in [-0.3, -0.25) is 15.1 Å². The number of aromatic nitrogens is 4. The highest BCUT2D eigenvalue weighted by atomic mass is 15.2. The van der Waals surface area contributed by atoms with Gasteiger partial charge in [-0.15, -0.1) is 0 Å². The molecule has 0 radical (unpaired) electrons. The first-order valence-corrected chi connectivity index (χ1v) is 5.65. The normalized spacial score (nSPS) is 12.5. The molecule has 90 valence electrons. The molecule has 0 aliphatic heterocycles. The van der Waals surface area contributed by atoms with E-state index in [9.17, 15) is 0 Å². The molecule has 2 aromatic rings. The molecule has 0 bridgehead atoms. The Morgan fingerprint density at radius 2 is 1.82 bits per heavy atom. The van der Waals surface area contributed by atoms with Crippen molar-refractivity contribution in [2.24, 2.45) is 0 Å². The Balaban J connectivity index is 2.23. The number of aromatic amines is 1. The summed E-state index contributed by atoms with van der Waals surface area (Å²) in [5.74, 6) is 0. The van der Waals surface area contributed by atoms with E-state index in [0.29, 0.717) is 0 Å². The average molecular weight is 231 g/mol. The van der Waals surface area contributed by atoms with Crippen molar-refractivity contribution in [3.63, 3.8) is 0 Å². The molecule has 2 heterocycles. The second-order valence-electron chi connectivity index (χ2n) is 4.20. The van der Waals surface area contributed by atoms with Crippen molar-refractivity contribution >= 4 is 5.69 Å². The summed E-state index contributed by atoms with van der Waals surface area (Å²) in [5.41, 5.74) is 4.97. The van der Waals surface area contributed by atoms with E-state index in [1.165, 1.54) is 0 Å². The Kier molecular flexibility index (Phi) is 3.08. The number of hydrogen-bond donors (Lipinski definition) is 2. The molecule has 17 heavy (non-hydrogen) atoms. The van der Waals surface area contributed by atoms with Crippen molar-refractivity contribution in [1.29, 1.82) is 0 Å². The number of nitrogens with one attached hydrogen (secondary N) is 2. The second kappa shape index (κ2) is 4.53. The van der Waals surface area contributed by atoms with Crippen LogP contribution in [0.4, 0.5) is 5.69 Å². The molecular weight excluding hydrogens is 214 g/mol. The zero-order valence-electron chi connectivity index (χ0n) is 10.6. The quantitative estimate of drug-likeness (QED) is 0.850. The third-order valence-corrected chi connectivity index (χ3v) is 2.82. The van der Waals surface area contributed by atoms with E-state index >= 15 is 0 Å². The van der Waals surface area contributed by atoms with Gasteiger partial charge in [0.1, 0.15) is 0 Å². The molecule has 2 rings (SSSR count). The summed E-state index contributed by atoms with van der Waals surface area (Å²) in [4.78, 5) is 8.61. The van der Waals surface area contributed by atoms with Crippen molar-refractivity contribution in [1.82, 2.24) is 20.2 Å². The minimum Gasteiger partial charge on any atom is -0.374 e. The number of H-pyrrole nitrogens is 1. The largest absolute Gasteiger partial charge is 0.374 e. The van der Waals surface area contributed by atoms with Crippen molar-refractivity contribution in [2.75, 3.05) is 5.32 Å². The molecule has 0 aliphatic carbocycles. The van der Waals surface area contributed by atoms with Gasteiger partial charge >= 0.3 is 0 Å². The van der Waals surface area contributed by atoms with Crippen LogP contribution in [0.1, 0.15) is 35.7 Å². The number of hydrogen-bond acceptors (Lipinski definition) is 4. The molecule has 0 aromatic carbocycles. The third kappa shape index (κ3) is 2.27. The summed E-state index contributed by atoms with van der Waals surface area (Å²) in [6, 6.07) is 0.110. The van der Waals surface area contributed by atoms with Gasteiger partial charge in [0.05, 0.1) is 34.5 Å². The van der Waals surface area contributed by atoms with Crippen molar-refractivity contribution < 1.29 is 0 Å². The maximum absolute atomic E-state index is 4.36. The minimum absolute atomic E-state index is 0.110. The van der Waals surface area contributed by atoms with E-state index in [2.05, 4.69) is 32.4 Å². The number of anilines is 1. The standard InChI is InChI=1S/C12H17N5/c1-7-11(14-6-5-13-7)8(2)15-12-9(3)16-17-10(12)4/h5-6,8,15H,1-4H3,(H,16,17). The fourth-order valence-corrected chi connectivity index (χ4v) is 1.89. The summed E-state index contributed by atoms with van der Waals surface area (Å²) in [6.45, 7) is 8.01. The van der Waals surface area contributed by atoms with Gasteiger partial charge in [0.15, 0.2) is 0 Å². The highest BCUT2D eigenvalue weighted by Gasteiger charge is 2.14. The van der Waals surface area contributed by atoms with Gasteiger partial charge < -0.3 is 5.32 Å². The van der Waals surface area contributed by atoms with E-state index < -0.39 is 0 Å². The molecule has 0 saturated carbocycles. The lowest BCUT2D eigenvalue weighted by Crippen LogP contribution is -2.11. The molecule has 0 saturated heterocycles. The molecule has 2 N–H and O–H groups in total. The molecule has 2 aromatic heterocycles. The lowest BCUT2D eigenvalue weighted by Gasteiger charge is -2.16. The van der Waals surface area contributed by atoms with Crippen LogP contribution in [0.2, 0.25) is 0 Å². The fourth-order valence-electron chi connectivity index (χ4n) is 1.89. The molecule has 5 heteroatoms. The van der Waals surface area contributed by atoms with Gasteiger partial charge in [-0.1, -0.05) is 0 Å². The highest BCUT2D eigenvalue weighted by molar-refractivity contribution is 5.52. The van der Waals surface area contributed by atoms with Crippen molar-refractivity contribution in [2.45, 2.75) is 33.7 Å². The van der Waals surface area contributed by atoms with E-state index in [1.54, 1.807) is 12.4 Å². The molecule has 0 fully saturated rings. The molecule has 0 amide bonds. The first kappa shape index (κ1) is 11.6. The predicted molar refractivity (Wildman–Crippen MR) is 66.9 cm³/mol. The highest BCUT2D eigenvalue weighted by Crippen LogP contribution is 2.23. The third-order valence-electron chi connectivity index (χ3n) is 2.82. The van der Waals surface area contributed by atoms with Crippen LogP contribution in [0.25, 0.3) is 0 Å². The molecule has 1 atom stereocenters. The smallest absolute Gasteiger partial charge is 0.0835 e. The van der Waals surface area contributed by atoms with Crippen LogP contribution in [0.15, 0.2) is 12.4 Å². The molecule has 0 spiro atoms. The maximum Gasteiger partial charge on any atom is 0.0835 e. The van der Waals surface area contributed by atoms with Gasteiger partial charge in [0.2, 0.25) is 0 Å². The second-order valence-corrected chi connectivity index (χ2v) is 4.20. The van der Waals surface area contributed by atoms with E-state index in [-0.39, 0.29) is 6.04 Å². The van der Waals surface area contributed by atoms with Crippen LogP contribution >= 0.6 is 0 Å². The minimum atomic E-state index is 0.110. The summed E-state index contributed by atoms with van der Waals surface area (Å²) in [7, 11) is 0. The predicted octanol–water partition coefficient (Wildman–Crippen LogP) is 2.30. The van der Waals surface area contributed by atoms with Gasteiger partial charge in [-0.25, -0.2) is 0 Å². The Morgan fingerprint density at radius 3 is 2.41 bits per heavy atom. The lowest BCUT2D eigenvalue weighted by atomic mass is 10.1. The topological polar surface area (TPSA) is 66.5 Å². The number of nitrogens with zero attached hydrogens (tertiary/aromatic N) is 3. The Bertz CT molecular complexity index is 498.